The summed E-state index contributed by atoms with van der Waals surface area (Å²) in [6.07, 6.45) is 1.26. The Morgan fingerprint density at radius 2 is 2.03 bits per heavy atom. The number of aliphatic imine (C=N–C) groups is 1. The fourth-order valence-corrected chi connectivity index (χ4v) is 5.24. The molecule has 0 amide bonds. The molecule has 0 spiro atoms. The van der Waals surface area contributed by atoms with E-state index in [1.807, 2.05) is 13.0 Å². The highest BCUT2D eigenvalue weighted by atomic mass is 35.5. The second-order valence-corrected chi connectivity index (χ2v) is 9.55. The quantitative estimate of drug-likeness (QED) is 0.377. The van der Waals surface area contributed by atoms with Crippen LogP contribution < -0.4 is 10.2 Å². The number of halogens is 2. The third-order valence-corrected chi connectivity index (χ3v) is 7.17. The Balaban J connectivity index is 1.48. The lowest BCUT2D eigenvalue weighted by Gasteiger charge is -2.36. The van der Waals surface area contributed by atoms with Gasteiger partial charge in [0.15, 0.2) is 16.8 Å². The number of hydrogen-bond donors (Lipinski definition) is 2. The van der Waals surface area contributed by atoms with Gasteiger partial charge in [-0.2, -0.15) is 0 Å². The molecule has 2 aromatic rings. The molecule has 0 saturated carbocycles. The Kier molecular flexibility index (Phi) is 7.46. The van der Waals surface area contributed by atoms with Gasteiger partial charge in [0.25, 0.3) is 0 Å². The van der Waals surface area contributed by atoms with Crippen LogP contribution >= 0.6 is 11.6 Å². The van der Waals surface area contributed by atoms with Gasteiger partial charge in [-0.15, -0.1) is 10.2 Å². The zero-order valence-electron chi connectivity index (χ0n) is 18.2. The van der Waals surface area contributed by atoms with Gasteiger partial charge in [-0.05, 0) is 41.5 Å². The van der Waals surface area contributed by atoms with Gasteiger partial charge >= 0.3 is 0 Å². The molecule has 33 heavy (non-hydrogen) atoms. The van der Waals surface area contributed by atoms with E-state index in [-0.39, 0.29) is 5.84 Å². The number of nitrogens with zero attached hydrogens (tertiary/aromatic N) is 5. The lowest BCUT2D eigenvalue weighted by atomic mass is 10.2. The van der Waals surface area contributed by atoms with E-state index in [1.165, 1.54) is 12.1 Å². The molecule has 2 aliphatic rings. The minimum Gasteiger partial charge on any atom is -0.611 e. The van der Waals surface area contributed by atoms with Crippen molar-refractivity contribution in [3.05, 3.63) is 58.0 Å². The maximum absolute atomic E-state index is 13.5. The molecule has 2 aliphatic heterocycles. The van der Waals surface area contributed by atoms with Crippen molar-refractivity contribution in [2.24, 2.45) is 4.99 Å². The molecule has 3 heterocycles. The Labute approximate surface area is 200 Å². The summed E-state index contributed by atoms with van der Waals surface area (Å²) in [6.45, 7) is 5.11. The van der Waals surface area contributed by atoms with Crippen molar-refractivity contribution in [3.8, 4) is 0 Å². The van der Waals surface area contributed by atoms with E-state index < -0.39 is 17.0 Å². The van der Waals surface area contributed by atoms with E-state index in [9.17, 15) is 8.94 Å². The average Bonchev–Trinajstić information content (AvgIpc) is 3.18. The van der Waals surface area contributed by atoms with Crippen molar-refractivity contribution in [2.75, 3.05) is 42.1 Å². The number of hydrogen-bond acceptors (Lipinski definition) is 6. The molecule has 2 N–H and O–H groups in total. The largest absolute Gasteiger partial charge is 0.611 e. The van der Waals surface area contributed by atoms with Crippen LogP contribution in [-0.4, -0.2) is 63.3 Å². The van der Waals surface area contributed by atoms with Crippen LogP contribution in [-0.2, 0) is 11.2 Å². The van der Waals surface area contributed by atoms with Crippen molar-refractivity contribution in [1.82, 2.24) is 15.1 Å². The molecule has 1 aromatic carbocycles. The molecular weight excluding hydrogens is 465 g/mol. The fourth-order valence-electron chi connectivity index (χ4n) is 3.87. The summed E-state index contributed by atoms with van der Waals surface area (Å²) < 4.78 is 26.1. The zero-order chi connectivity index (χ0) is 23.4. The summed E-state index contributed by atoms with van der Waals surface area (Å²) in [7, 11) is 0. The third kappa shape index (κ3) is 5.63. The second-order valence-electron chi connectivity index (χ2n) is 7.66. The maximum Gasteiger partial charge on any atom is 0.216 e. The highest BCUT2D eigenvalue weighted by Gasteiger charge is 2.33. The molecule has 1 fully saturated rings. The number of piperazine rings is 1. The van der Waals surface area contributed by atoms with Crippen LogP contribution in [0.2, 0.25) is 5.15 Å². The highest BCUT2D eigenvalue weighted by molar-refractivity contribution is 7.96. The van der Waals surface area contributed by atoms with Gasteiger partial charge in [0, 0.05) is 44.7 Å². The maximum atomic E-state index is 13.5. The normalized spacial score (nSPS) is 19.3. The average molecular weight is 490 g/mol. The second kappa shape index (κ2) is 10.5. The van der Waals surface area contributed by atoms with Crippen molar-refractivity contribution in [3.63, 3.8) is 0 Å². The van der Waals surface area contributed by atoms with Gasteiger partial charge in [-0.3, -0.25) is 5.41 Å². The molecule has 0 bridgehead atoms. The molecule has 1 atom stereocenters. The topological polar surface area (TPSA) is 104 Å². The first-order valence-electron chi connectivity index (χ1n) is 10.7. The summed E-state index contributed by atoms with van der Waals surface area (Å²) in [5, 5.41) is 19.7. The molecular formula is C22H25ClFN7OS. The van der Waals surface area contributed by atoms with Gasteiger partial charge < -0.3 is 19.7 Å². The number of aromatic nitrogens is 2. The molecule has 0 radical (unpaired) electrons. The van der Waals surface area contributed by atoms with Crippen LogP contribution in [0.5, 0.6) is 0 Å². The van der Waals surface area contributed by atoms with Crippen LogP contribution in [0, 0.1) is 11.2 Å². The summed E-state index contributed by atoms with van der Waals surface area (Å²) in [5.41, 5.74) is 1.10. The van der Waals surface area contributed by atoms with Gasteiger partial charge in [-0.25, -0.2) is 9.38 Å². The van der Waals surface area contributed by atoms with E-state index in [0.717, 1.165) is 44.3 Å². The lowest BCUT2D eigenvalue weighted by molar-refractivity contribution is 0.378. The van der Waals surface area contributed by atoms with E-state index in [1.54, 1.807) is 18.2 Å². The summed E-state index contributed by atoms with van der Waals surface area (Å²) >= 11 is 4.52. The number of rotatable bonds is 5. The molecule has 1 aromatic heterocycles. The Bertz CT molecular complexity index is 1070. The minimum atomic E-state index is -1.32. The Morgan fingerprint density at radius 1 is 1.24 bits per heavy atom. The van der Waals surface area contributed by atoms with E-state index >= 15 is 0 Å². The number of allylic oxidation sites excluding steroid dienone is 1. The van der Waals surface area contributed by atoms with Crippen LogP contribution in [0.15, 0.2) is 52.0 Å². The monoisotopic (exact) mass is 489 g/mol. The Morgan fingerprint density at radius 3 is 2.70 bits per heavy atom. The molecule has 1 unspecified atom stereocenters. The van der Waals surface area contributed by atoms with Crippen molar-refractivity contribution < 1.29 is 8.94 Å². The van der Waals surface area contributed by atoms with Crippen molar-refractivity contribution in [2.45, 2.75) is 19.8 Å². The van der Waals surface area contributed by atoms with Gasteiger partial charge in [0.05, 0.1) is 0 Å². The predicted octanol–water partition coefficient (Wildman–Crippen LogP) is 3.65. The van der Waals surface area contributed by atoms with E-state index in [4.69, 9.17) is 22.0 Å². The van der Waals surface area contributed by atoms with Crippen LogP contribution in [0.4, 0.5) is 15.9 Å². The first kappa shape index (κ1) is 23.5. The van der Waals surface area contributed by atoms with E-state index in [0.29, 0.717) is 33.6 Å². The number of anilines is 2. The van der Waals surface area contributed by atoms with Crippen LogP contribution in [0.25, 0.3) is 0 Å². The zero-order valence-corrected chi connectivity index (χ0v) is 19.8. The lowest BCUT2D eigenvalue weighted by Crippen LogP contribution is -2.49. The smallest absolute Gasteiger partial charge is 0.216 e. The number of benzene rings is 1. The SMILES string of the molecule is CC/C(=N\C1=C(C(=N)Nc2cccc(F)c2)[S+]([O-])CC1)N1CCN(c2ccc(Cl)nn2)CC1. The molecule has 11 heteroatoms. The highest BCUT2D eigenvalue weighted by Crippen LogP contribution is 2.29. The molecule has 1 saturated heterocycles. The minimum absolute atomic E-state index is 0.00299. The van der Waals surface area contributed by atoms with Crippen molar-refractivity contribution >= 4 is 46.0 Å². The van der Waals surface area contributed by atoms with E-state index in [2.05, 4.69) is 25.3 Å². The predicted molar refractivity (Wildman–Crippen MR) is 131 cm³/mol. The first-order chi connectivity index (χ1) is 15.9. The number of amidine groups is 2. The summed E-state index contributed by atoms with van der Waals surface area (Å²) in [5.74, 6) is 1.73. The molecule has 0 aliphatic carbocycles. The van der Waals surface area contributed by atoms with Gasteiger partial charge in [0.2, 0.25) is 4.91 Å². The fraction of sp³-hybridized carbons (Fsp3) is 0.364. The molecule has 4 rings (SSSR count). The third-order valence-electron chi connectivity index (χ3n) is 5.50. The van der Waals surface area contributed by atoms with Crippen LogP contribution in [0.3, 0.4) is 0 Å². The molecule has 8 nitrogen and oxygen atoms in total. The number of nitrogens with one attached hydrogen (secondary N) is 2. The van der Waals surface area contributed by atoms with Crippen molar-refractivity contribution in [1.29, 1.82) is 5.41 Å². The van der Waals surface area contributed by atoms with Gasteiger partial charge in [0.1, 0.15) is 23.1 Å². The standard InChI is InChI=1S/C22H25ClFN7OS/c1-2-19(30-9-11-31(12-10-30)20-7-6-18(23)28-29-20)27-17-8-13-33(32)21(17)22(25)26-16-5-3-4-15(24)14-16/h3-7,14H,2,8-13H2,1H3,(H2,25,26)/b27-19+. The summed E-state index contributed by atoms with van der Waals surface area (Å²) in [6, 6.07) is 9.47. The first-order valence-corrected chi connectivity index (χ1v) is 12.4. The summed E-state index contributed by atoms with van der Waals surface area (Å²) in [4.78, 5) is 9.61. The van der Waals surface area contributed by atoms with Crippen LogP contribution in [0.1, 0.15) is 19.8 Å². The Hall–Kier alpha value is -2.69. The molecule has 174 valence electrons. The van der Waals surface area contributed by atoms with Gasteiger partial charge in [-0.1, -0.05) is 24.6 Å².